The maximum absolute atomic E-state index is 12.6. The summed E-state index contributed by atoms with van der Waals surface area (Å²) in [6, 6.07) is 12.9. The average molecular weight is 347 g/mol. The molecule has 2 aliphatic rings. The molecule has 0 aliphatic carbocycles. The third-order valence-corrected chi connectivity index (χ3v) is 4.97. The van der Waals surface area contributed by atoms with Crippen molar-refractivity contribution in [3.63, 3.8) is 0 Å². The molecule has 0 spiro atoms. The first kappa shape index (κ1) is 16.6. The lowest BCUT2D eigenvalue weighted by Gasteiger charge is -2.19. The SMILES string of the molecule is O=C1/C(=C/C=C/c2ccccc2)Oc2c1ccc([O-])c2C[NH+]1CCCC1. The molecule has 0 saturated carbocycles. The van der Waals surface area contributed by atoms with Crippen LogP contribution >= 0.6 is 0 Å². The summed E-state index contributed by atoms with van der Waals surface area (Å²) in [5.41, 5.74) is 2.17. The summed E-state index contributed by atoms with van der Waals surface area (Å²) in [7, 11) is 0. The molecule has 2 heterocycles. The van der Waals surface area contributed by atoms with Gasteiger partial charge < -0.3 is 14.7 Å². The Bertz CT molecular complexity index is 878. The Kier molecular flexibility index (Phi) is 4.59. The molecular formula is C22H21NO3. The number of quaternary nitrogens is 1. The van der Waals surface area contributed by atoms with Gasteiger partial charge in [-0.3, -0.25) is 4.79 Å². The van der Waals surface area contributed by atoms with Crippen LogP contribution in [0.1, 0.15) is 34.3 Å². The van der Waals surface area contributed by atoms with Gasteiger partial charge in [0, 0.05) is 18.4 Å². The third-order valence-electron chi connectivity index (χ3n) is 4.97. The first-order chi connectivity index (χ1) is 12.7. The molecule has 4 heteroatoms. The van der Waals surface area contributed by atoms with Crippen molar-refractivity contribution in [2.45, 2.75) is 19.4 Å². The van der Waals surface area contributed by atoms with Gasteiger partial charge in [-0.15, -0.1) is 0 Å². The van der Waals surface area contributed by atoms with E-state index in [0.29, 0.717) is 23.4 Å². The predicted molar refractivity (Wildman–Crippen MR) is 98.0 cm³/mol. The molecule has 2 aromatic carbocycles. The second-order valence-electron chi connectivity index (χ2n) is 6.78. The van der Waals surface area contributed by atoms with Crippen LogP contribution in [0.4, 0.5) is 0 Å². The molecule has 2 aromatic rings. The van der Waals surface area contributed by atoms with Gasteiger partial charge in [0.25, 0.3) is 0 Å². The zero-order valence-electron chi connectivity index (χ0n) is 14.5. The molecule has 0 bridgehead atoms. The maximum Gasteiger partial charge on any atom is 0.231 e. The smallest absolute Gasteiger partial charge is 0.231 e. The molecule has 0 unspecified atom stereocenters. The van der Waals surface area contributed by atoms with Gasteiger partial charge in [0.2, 0.25) is 5.78 Å². The number of carbonyl (C=O) groups excluding carboxylic acids is 1. The minimum atomic E-state index is -0.157. The Hall–Kier alpha value is -2.85. The van der Waals surface area contributed by atoms with Crippen LogP contribution in [0.5, 0.6) is 11.5 Å². The van der Waals surface area contributed by atoms with E-state index in [1.807, 2.05) is 36.4 Å². The predicted octanol–water partition coefficient (Wildman–Crippen LogP) is 2.11. The molecule has 0 amide bonds. The van der Waals surface area contributed by atoms with Gasteiger partial charge in [0.15, 0.2) is 5.76 Å². The normalized spacial score (nSPS) is 18.6. The lowest BCUT2D eigenvalue weighted by Crippen LogP contribution is -3.08. The Morgan fingerprint density at radius 1 is 1.08 bits per heavy atom. The lowest BCUT2D eigenvalue weighted by molar-refractivity contribution is -0.901. The van der Waals surface area contributed by atoms with Gasteiger partial charge in [-0.2, -0.15) is 0 Å². The fourth-order valence-electron chi connectivity index (χ4n) is 3.58. The first-order valence-corrected chi connectivity index (χ1v) is 9.05. The number of nitrogens with one attached hydrogen (secondary N) is 1. The Balaban J connectivity index is 1.58. The van der Waals surface area contributed by atoms with Crippen LogP contribution < -0.4 is 14.7 Å². The highest BCUT2D eigenvalue weighted by Crippen LogP contribution is 2.37. The topological polar surface area (TPSA) is 53.8 Å². The van der Waals surface area contributed by atoms with Crippen molar-refractivity contribution in [1.82, 2.24) is 0 Å². The molecule has 2 aliphatic heterocycles. The summed E-state index contributed by atoms with van der Waals surface area (Å²) in [5.74, 6) is 0.532. The molecule has 1 N–H and O–H groups in total. The minimum absolute atomic E-state index is 0.0444. The van der Waals surface area contributed by atoms with Crippen molar-refractivity contribution in [3.05, 3.63) is 77.1 Å². The first-order valence-electron chi connectivity index (χ1n) is 9.05. The molecule has 1 fully saturated rings. The zero-order valence-corrected chi connectivity index (χ0v) is 14.5. The van der Waals surface area contributed by atoms with Crippen LogP contribution in [-0.2, 0) is 6.54 Å². The Morgan fingerprint density at radius 3 is 2.62 bits per heavy atom. The molecule has 132 valence electrons. The van der Waals surface area contributed by atoms with Gasteiger partial charge in [0.1, 0.15) is 12.3 Å². The number of carbonyl (C=O) groups is 1. The van der Waals surface area contributed by atoms with E-state index in [9.17, 15) is 9.90 Å². The second kappa shape index (κ2) is 7.18. The van der Waals surface area contributed by atoms with E-state index in [1.165, 1.54) is 23.8 Å². The summed E-state index contributed by atoms with van der Waals surface area (Å²) < 4.78 is 5.83. The Labute approximate surface area is 153 Å². The average Bonchev–Trinajstić information content (AvgIpc) is 3.27. The highest BCUT2D eigenvalue weighted by atomic mass is 16.5. The number of likely N-dealkylation sites (tertiary alicyclic amines) is 1. The largest absolute Gasteiger partial charge is 0.872 e. The van der Waals surface area contributed by atoms with Crippen LogP contribution in [0.3, 0.4) is 0 Å². The van der Waals surface area contributed by atoms with Gasteiger partial charge in [0.05, 0.1) is 18.7 Å². The number of ketones is 1. The van der Waals surface area contributed by atoms with Crippen LogP contribution in [0, 0.1) is 0 Å². The lowest BCUT2D eigenvalue weighted by atomic mass is 10.0. The summed E-state index contributed by atoms with van der Waals surface area (Å²) in [5, 5.41) is 12.3. The number of ether oxygens (including phenoxy) is 1. The number of allylic oxidation sites excluding steroid dienone is 3. The molecule has 1 saturated heterocycles. The van der Waals surface area contributed by atoms with E-state index >= 15 is 0 Å². The van der Waals surface area contributed by atoms with Crippen LogP contribution in [0.25, 0.3) is 6.08 Å². The van der Waals surface area contributed by atoms with Gasteiger partial charge in [-0.25, -0.2) is 0 Å². The monoisotopic (exact) mass is 347 g/mol. The van der Waals surface area contributed by atoms with Gasteiger partial charge >= 0.3 is 0 Å². The highest BCUT2D eigenvalue weighted by Gasteiger charge is 2.31. The number of rotatable bonds is 4. The molecule has 0 radical (unpaired) electrons. The number of hydrogen-bond acceptors (Lipinski definition) is 3. The zero-order chi connectivity index (χ0) is 17.9. The second-order valence-corrected chi connectivity index (χ2v) is 6.78. The quantitative estimate of drug-likeness (QED) is 0.862. The van der Waals surface area contributed by atoms with E-state index < -0.39 is 0 Å². The highest BCUT2D eigenvalue weighted by molar-refractivity contribution is 6.12. The number of fused-ring (bicyclic) bond motifs is 1. The summed E-state index contributed by atoms with van der Waals surface area (Å²) in [6.07, 6.45) is 7.77. The van der Waals surface area contributed by atoms with Crippen molar-refractivity contribution in [3.8, 4) is 11.5 Å². The van der Waals surface area contributed by atoms with Crippen molar-refractivity contribution < 1.29 is 19.5 Å². The number of hydrogen-bond donors (Lipinski definition) is 1. The fourth-order valence-corrected chi connectivity index (χ4v) is 3.58. The third kappa shape index (κ3) is 3.28. The van der Waals surface area contributed by atoms with Crippen LogP contribution in [0.15, 0.2) is 60.4 Å². The summed E-state index contributed by atoms with van der Waals surface area (Å²) in [6.45, 7) is 2.77. The van der Waals surface area contributed by atoms with E-state index in [0.717, 1.165) is 18.7 Å². The minimum Gasteiger partial charge on any atom is -0.872 e. The van der Waals surface area contributed by atoms with E-state index in [-0.39, 0.29) is 17.3 Å². The molecule has 4 nitrogen and oxygen atoms in total. The van der Waals surface area contributed by atoms with Gasteiger partial charge in [-0.05, 0) is 17.7 Å². The summed E-state index contributed by atoms with van der Waals surface area (Å²) in [4.78, 5) is 14.0. The van der Waals surface area contributed by atoms with E-state index in [2.05, 4.69) is 0 Å². The molecular weight excluding hydrogens is 326 g/mol. The molecule has 26 heavy (non-hydrogen) atoms. The molecule has 4 rings (SSSR count). The van der Waals surface area contributed by atoms with E-state index in [1.54, 1.807) is 18.2 Å². The number of benzene rings is 2. The van der Waals surface area contributed by atoms with Crippen molar-refractivity contribution in [2.75, 3.05) is 13.1 Å². The van der Waals surface area contributed by atoms with Crippen molar-refractivity contribution in [2.24, 2.45) is 0 Å². The van der Waals surface area contributed by atoms with Crippen LogP contribution in [0.2, 0.25) is 0 Å². The fraction of sp³-hybridized carbons (Fsp3) is 0.227. The summed E-state index contributed by atoms with van der Waals surface area (Å²) >= 11 is 0. The molecule has 0 aromatic heterocycles. The van der Waals surface area contributed by atoms with Gasteiger partial charge in [-0.1, -0.05) is 54.3 Å². The van der Waals surface area contributed by atoms with E-state index in [4.69, 9.17) is 4.74 Å². The maximum atomic E-state index is 12.6. The number of Topliss-reactive ketones (excluding diaryl/α,β-unsaturated/α-hetero) is 1. The van der Waals surface area contributed by atoms with Crippen molar-refractivity contribution >= 4 is 11.9 Å². The molecule has 0 atom stereocenters. The van der Waals surface area contributed by atoms with Crippen molar-refractivity contribution in [1.29, 1.82) is 0 Å². The Morgan fingerprint density at radius 2 is 1.85 bits per heavy atom. The van der Waals surface area contributed by atoms with Crippen LogP contribution in [-0.4, -0.2) is 18.9 Å². The standard InChI is InChI=1S/C22H21NO3/c24-19-12-11-17-21(25)20(10-6-9-16-7-2-1-3-8-16)26-22(17)18(19)15-23-13-4-5-14-23/h1-3,6-12,24H,4-5,13-15H2/b9-6+,20-10-.